The highest BCUT2D eigenvalue weighted by Gasteiger charge is 2.13. The molecule has 0 amide bonds. The third kappa shape index (κ3) is 2.22. The summed E-state index contributed by atoms with van der Waals surface area (Å²) in [7, 11) is 3.47. The molecule has 4 nitrogen and oxygen atoms in total. The van der Waals surface area contributed by atoms with Gasteiger partial charge in [0.15, 0.2) is 0 Å². The van der Waals surface area contributed by atoms with E-state index in [2.05, 4.69) is 11.4 Å². The minimum Gasteiger partial charge on any atom is -0.496 e. The van der Waals surface area contributed by atoms with E-state index in [1.54, 1.807) is 25.5 Å². The molecule has 0 aliphatic heterocycles. The Morgan fingerprint density at radius 3 is 2.83 bits per heavy atom. The van der Waals surface area contributed by atoms with Crippen LogP contribution in [0.2, 0.25) is 0 Å². The Labute approximate surface area is 106 Å². The van der Waals surface area contributed by atoms with E-state index in [0.29, 0.717) is 12.1 Å². The molecule has 92 valence electrons. The van der Waals surface area contributed by atoms with Crippen LogP contribution in [-0.4, -0.2) is 14.2 Å². The maximum atomic E-state index is 8.97. The lowest BCUT2D eigenvalue weighted by Gasteiger charge is -2.09. The lowest BCUT2D eigenvalue weighted by atomic mass is 10.0. The van der Waals surface area contributed by atoms with Gasteiger partial charge in [0.2, 0.25) is 0 Å². The second kappa shape index (κ2) is 5.39. The minimum atomic E-state index is 0.599. The summed E-state index contributed by atoms with van der Waals surface area (Å²) in [5.41, 5.74) is 2.41. The highest BCUT2D eigenvalue weighted by Crippen LogP contribution is 2.33. The van der Waals surface area contributed by atoms with Crippen LogP contribution in [0.1, 0.15) is 11.3 Å². The van der Waals surface area contributed by atoms with E-state index in [-0.39, 0.29) is 0 Å². The maximum Gasteiger partial charge on any atom is 0.126 e. The summed E-state index contributed by atoms with van der Waals surface area (Å²) in [4.78, 5) is 0. The molecule has 2 aromatic rings. The average molecular weight is 242 g/mol. The molecule has 0 fully saturated rings. The van der Waals surface area contributed by atoms with Gasteiger partial charge in [-0.05, 0) is 31.3 Å². The number of nitriles is 1. The van der Waals surface area contributed by atoms with Gasteiger partial charge in [-0.25, -0.2) is 0 Å². The molecule has 0 spiro atoms. The summed E-state index contributed by atoms with van der Waals surface area (Å²) in [6.07, 6.45) is 1.64. The highest BCUT2D eigenvalue weighted by atomic mass is 16.5. The third-order valence-electron chi connectivity index (χ3n) is 2.70. The van der Waals surface area contributed by atoms with Crippen LogP contribution in [0.5, 0.6) is 5.75 Å². The number of benzene rings is 1. The Kier molecular flexibility index (Phi) is 3.66. The normalized spacial score (nSPS) is 10.1. The van der Waals surface area contributed by atoms with E-state index in [1.807, 2.05) is 19.2 Å². The van der Waals surface area contributed by atoms with Gasteiger partial charge in [-0.1, -0.05) is 0 Å². The van der Waals surface area contributed by atoms with E-state index >= 15 is 0 Å². The fourth-order valence-corrected chi connectivity index (χ4v) is 1.87. The summed E-state index contributed by atoms with van der Waals surface area (Å²) in [5.74, 6) is 1.55. The molecule has 4 heteroatoms. The quantitative estimate of drug-likeness (QED) is 0.895. The molecule has 1 N–H and O–H groups in total. The number of rotatable bonds is 4. The molecule has 2 rings (SSSR count). The van der Waals surface area contributed by atoms with E-state index < -0.39 is 0 Å². The third-order valence-corrected chi connectivity index (χ3v) is 2.70. The molecule has 0 saturated heterocycles. The molecule has 0 atom stereocenters. The minimum absolute atomic E-state index is 0.599. The number of furan rings is 1. The van der Waals surface area contributed by atoms with Crippen LogP contribution in [-0.2, 0) is 6.54 Å². The van der Waals surface area contributed by atoms with Crippen molar-refractivity contribution >= 4 is 0 Å². The lowest BCUT2D eigenvalue weighted by Crippen LogP contribution is -2.05. The predicted molar refractivity (Wildman–Crippen MR) is 68.2 cm³/mol. The Morgan fingerprint density at radius 1 is 1.33 bits per heavy atom. The topological polar surface area (TPSA) is 58.2 Å². The van der Waals surface area contributed by atoms with E-state index in [9.17, 15) is 0 Å². The summed E-state index contributed by atoms with van der Waals surface area (Å²) in [6.45, 7) is 0.627. The molecular formula is C14H14N2O2. The fourth-order valence-electron chi connectivity index (χ4n) is 1.87. The van der Waals surface area contributed by atoms with Gasteiger partial charge in [-0.15, -0.1) is 0 Å². The first-order chi connectivity index (χ1) is 8.80. The van der Waals surface area contributed by atoms with Crippen LogP contribution in [0.4, 0.5) is 0 Å². The summed E-state index contributed by atoms with van der Waals surface area (Å²) in [6, 6.07) is 9.35. The van der Waals surface area contributed by atoms with Crippen molar-refractivity contribution in [1.82, 2.24) is 5.32 Å². The van der Waals surface area contributed by atoms with E-state index in [4.69, 9.17) is 14.4 Å². The van der Waals surface area contributed by atoms with E-state index in [0.717, 1.165) is 22.6 Å². The number of methoxy groups -OCH3 is 1. The van der Waals surface area contributed by atoms with Crippen LogP contribution >= 0.6 is 0 Å². The number of ether oxygens (including phenoxy) is 1. The first-order valence-electron chi connectivity index (χ1n) is 5.59. The maximum absolute atomic E-state index is 8.97. The van der Waals surface area contributed by atoms with Crippen LogP contribution in [0.25, 0.3) is 11.1 Å². The molecule has 1 aromatic heterocycles. The summed E-state index contributed by atoms with van der Waals surface area (Å²) >= 11 is 0. The van der Waals surface area contributed by atoms with Gasteiger partial charge in [-0.3, -0.25) is 0 Å². The first kappa shape index (κ1) is 12.2. The van der Waals surface area contributed by atoms with Crippen molar-refractivity contribution in [2.45, 2.75) is 6.54 Å². The molecule has 0 aliphatic rings. The van der Waals surface area contributed by atoms with Crippen molar-refractivity contribution in [2.24, 2.45) is 0 Å². The van der Waals surface area contributed by atoms with Crippen molar-refractivity contribution in [1.29, 1.82) is 5.26 Å². The zero-order valence-corrected chi connectivity index (χ0v) is 10.4. The van der Waals surface area contributed by atoms with Crippen molar-refractivity contribution in [3.8, 4) is 22.9 Å². The van der Waals surface area contributed by atoms with Gasteiger partial charge in [0.25, 0.3) is 0 Å². The molecule has 18 heavy (non-hydrogen) atoms. The fraction of sp³-hybridized carbons (Fsp3) is 0.214. The molecule has 0 bridgehead atoms. The van der Waals surface area contributed by atoms with Crippen molar-refractivity contribution in [3.63, 3.8) is 0 Å². The Bertz CT molecular complexity index is 582. The smallest absolute Gasteiger partial charge is 0.126 e. The second-order valence-electron chi connectivity index (χ2n) is 3.81. The van der Waals surface area contributed by atoms with Gasteiger partial charge >= 0.3 is 0 Å². The summed E-state index contributed by atoms with van der Waals surface area (Å²) < 4.78 is 10.8. The van der Waals surface area contributed by atoms with Gasteiger partial charge in [0.05, 0.1) is 31.6 Å². The Hall–Kier alpha value is -2.25. The first-order valence-corrected chi connectivity index (χ1v) is 5.59. The standard InChI is InChI=1S/C14H14N2O2/c1-16-9-14-11(5-6-18-14)12-7-10(8-15)3-4-13(12)17-2/h3-7,16H,9H2,1-2H3. The van der Waals surface area contributed by atoms with Crippen LogP contribution in [0.3, 0.4) is 0 Å². The number of nitrogens with zero attached hydrogens (tertiary/aromatic N) is 1. The number of hydrogen-bond donors (Lipinski definition) is 1. The van der Waals surface area contributed by atoms with Crippen molar-refractivity contribution in [2.75, 3.05) is 14.2 Å². The Morgan fingerprint density at radius 2 is 2.17 bits per heavy atom. The lowest BCUT2D eigenvalue weighted by molar-refractivity contribution is 0.416. The molecule has 0 unspecified atom stereocenters. The number of nitrogens with one attached hydrogen (secondary N) is 1. The molecule has 0 radical (unpaired) electrons. The molecule has 1 heterocycles. The van der Waals surface area contributed by atoms with Crippen LogP contribution < -0.4 is 10.1 Å². The zero-order valence-electron chi connectivity index (χ0n) is 10.4. The molecule has 1 aromatic carbocycles. The average Bonchev–Trinajstić information content (AvgIpc) is 2.86. The van der Waals surface area contributed by atoms with Crippen molar-refractivity contribution in [3.05, 3.63) is 41.9 Å². The zero-order chi connectivity index (χ0) is 13.0. The molecule has 0 saturated carbocycles. The number of hydrogen-bond acceptors (Lipinski definition) is 4. The molecular weight excluding hydrogens is 228 g/mol. The van der Waals surface area contributed by atoms with Gasteiger partial charge in [0, 0.05) is 11.1 Å². The SMILES string of the molecule is CNCc1occc1-c1cc(C#N)ccc1OC. The highest BCUT2D eigenvalue weighted by molar-refractivity contribution is 5.73. The van der Waals surface area contributed by atoms with Crippen LogP contribution in [0, 0.1) is 11.3 Å². The second-order valence-corrected chi connectivity index (χ2v) is 3.81. The van der Waals surface area contributed by atoms with Crippen LogP contribution in [0.15, 0.2) is 34.9 Å². The largest absolute Gasteiger partial charge is 0.496 e. The van der Waals surface area contributed by atoms with Gasteiger partial charge in [0.1, 0.15) is 11.5 Å². The predicted octanol–water partition coefficient (Wildman–Crippen LogP) is 2.55. The summed E-state index contributed by atoms with van der Waals surface area (Å²) in [5, 5.41) is 12.0. The van der Waals surface area contributed by atoms with E-state index in [1.165, 1.54) is 0 Å². The monoisotopic (exact) mass is 242 g/mol. The molecule has 0 aliphatic carbocycles. The van der Waals surface area contributed by atoms with Crippen molar-refractivity contribution < 1.29 is 9.15 Å². The Balaban J connectivity index is 2.54. The van der Waals surface area contributed by atoms with Gasteiger partial charge in [-0.2, -0.15) is 5.26 Å². The van der Waals surface area contributed by atoms with Gasteiger partial charge < -0.3 is 14.5 Å².